The van der Waals surface area contributed by atoms with E-state index in [1.165, 1.54) is 21.7 Å². The molecule has 118 valence electrons. The molecule has 0 bridgehead atoms. The molecule has 0 unspecified atom stereocenters. The number of hydrogen-bond acceptors (Lipinski definition) is 4. The predicted octanol–water partition coefficient (Wildman–Crippen LogP) is 4.97. The number of rotatable bonds is 2. The van der Waals surface area contributed by atoms with E-state index in [0.29, 0.717) is 10.9 Å². The highest BCUT2D eigenvalue weighted by molar-refractivity contribution is 7.18. The molecule has 0 fully saturated rings. The Morgan fingerprint density at radius 1 is 1.30 bits per heavy atom. The minimum absolute atomic E-state index is 0.0710. The summed E-state index contributed by atoms with van der Waals surface area (Å²) in [6.07, 6.45) is 6.25. The number of nitrogens with one attached hydrogen (secondary N) is 1. The number of fused-ring (bicyclic) bond motifs is 3. The van der Waals surface area contributed by atoms with E-state index in [1.54, 1.807) is 22.7 Å². The molecule has 0 aromatic carbocycles. The van der Waals surface area contributed by atoms with Crippen LogP contribution in [0.2, 0.25) is 0 Å². The van der Waals surface area contributed by atoms with Crippen LogP contribution in [0.25, 0.3) is 21.3 Å². The van der Waals surface area contributed by atoms with Crippen molar-refractivity contribution >= 4 is 55.6 Å². The molecule has 4 rings (SSSR count). The summed E-state index contributed by atoms with van der Waals surface area (Å²) < 4.78 is 0. The third-order valence-corrected chi connectivity index (χ3v) is 6.50. The van der Waals surface area contributed by atoms with Gasteiger partial charge in [0.2, 0.25) is 0 Å². The van der Waals surface area contributed by atoms with E-state index < -0.39 is 0 Å². The highest BCUT2D eigenvalue weighted by Gasteiger charge is 2.20. The van der Waals surface area contributed by atoms with Crippen molar-refractivity contribution in [3.05, 3.63) is 48.5 Å². The van der Waals surface area contributed by atoms with Gasteiger partial charge >= 0.3 is 0 Å². The van der Waals surface area contributed by atoms with Crippen molar-refractivity contribution in [1.29, 1.82) is 0 Å². The molecule has 1 N–H and O–H groups in total. The van der Waals surface area contributed by atoms with Crippen molar-refractivity contribution in [2.45, 2.75) is 32.6 Å². The van der Waals surface area contributed by atoms with Gasteiger partial charge in [0.25, 0.3) is 5.56 Å². The summed E-state index contributed by atoms with van der Waals surface area (Å²) in [6, 6.07) is 4.07. The van der Waals surface area contributed by atoms with E-state index >= 15 is 0 Å². The number of aromatic nitrogens is 2. The van der Waals surface area contributed by atoms with Gasteiger partial charge in [0.15, 0.2) is 5.82 Å². The quantitative estimate of drug-likeness (QED) is 0.699. The Morgan fingerprint density at radius 3 is 2.91 bits per heavy atom. The Morgan fingerprint density at radius 2 is 2.13 bits per heavy atom. The highest BCUT2D eigenvalue weighted by atomic mass is 35.5. The molecule has 1 aliphatic carbocycles. The summed E-state index contributed by atoms with van der Waals surface area (Å²) in [5.41, 5.74) is 1.13. The van der Waals surface area contributed by atoms with Crippen molar-refractivity contribution in [2.75, 3.05) is 0 Å². The van der Waals surface area contributed by atoms with E-state index in [2.05, 4.69) is 16.9 Å². The van der Waals surface area contributed by atoms with E-state index in [-0.39, 0.29) is 5.56 Å². The molecule has 0 saturated carbocycles. The maximum absolute atomic E-state index is 12.5. The van der Waals surface area contributed by atoms with Crippen LogP contribution < -0.4 is 5.56 Å². The Hall–Kier alpha value is -1.43. The minimum Gasteiger partial charge on any atom is -0.305 e. The molecule has 3 aromatic heterocycles. The van der Waals surface area contributed by atoms with E-state index in [4.69, 9.17) is 11.6 Å². The molecule has 0 amide bonds. The molecule has 0 radical (unpaired) electrons. The summed E-state index contributed by atoms with van der Waals surface area (Å²) >= 11 is 9.69. The topological polar surface area (TPSA) is 45.8 Å². The molecular weight excluding hydrogens is 348 g/mol. The van der Waals surface area contributed by atoms with Gasteiger partial charge in [-0.25, -0.2) is 4.98 Å². The Labute approximate surface area is 146 Å². The van der Waals surface area contributed by atoms with E-state index in [9.17, 15) is 4.79 Å². The number of nitrogens with zero attached hydrogens (tertiary/aromatic N) is 1. The third kappa shape index (κ3) is 2.77. The van der Waals surface area contributed by atoms with E-state index in [0.717, 1.165) is 34.4 Å². The SMILES string of the molecule is Cc1ccc(/C=C(\Cl)c2nc3sc4c(c3c(=O)[nH]2)CCCC4)s1. The van der Waals surface area contributed by atoms with Gasteiger partial charge in [-0.2, -0.15) is 0 Å². The van der Waals surface area contributed by atoms with E-state index in [1.807, 2.05) is 18.2 Å². The molecule has 0 spiro atoms. The average molecular weight is 363 g/mol. The molecular formula is C17H15ClN2OS2. The molecule has 0 saturated heterocycles. The zero-order chi connectivity index (χ0) is 16.0. The number of H-pyrrole nitrogens is 1. The zero-order valence-electron chi connectivity index (χ0n) is 12.6. The van der Waals surface area contributed by atoms with Gasteiger partial charge in [-0.3, -0.25) is 4.79 Å². The number of hydrogen-bond donors (Lipinski definition) is 1. The summed E-state index contributed by atoms with van der Waals surface area (Å²) in [5.74, 6) is 0.453. The normalized spacial score (nSPS) is 15.1. The molecule has 0 atom stereocenters. The molecule has 3 aromatic rings. The van der Waals surface area contributed by atoms with Crippen LogP contribution in [0.4, 0.5) is 0 Å². The fourth-order valence-corrected chi connectivity index (χ4v) is 5.36. The number of halogens is 1. The first kappa shape index (κ1) is 15.1. The van der Waals surface area contributed by atoms with Gasteiger partial charge in [-0.15, -0.1) is 22.7 Å². The van der Waals surface area contributed by atoms with Crippen LogP contribution in [0, 0.1) is 6.92 Å². The lowest BCUT2D eigenvalue weighted by Crippen LogP contribution is -2.12. The van der Waals surface area contributed by atoms with Crippen molar-refractivity contribution in [2.24, 2.45) is 0 Å². The second-order valence-electron chi connectivity index (χ2n) is 5.75. The van der Waals surface area contributed by atoms with Crippen molar-refractivity contribution in [1.82, 2.24) is 9.97 Å². The molecule has 23 heavy (non-hydrogen) atoms. The minimum atomic E-state index is -0.0710. The summed E-state index contributed by atoms with van der Waals surface area (Å²) in [5, 5.41) is 1.24. The van der Waals surface area contributed by atoms with Crippen LogP contribution in [0.1, 0.15) is 38.9 Å². The lowest BCUT2D eigenvalue weighted by atomic mass is 9.97. The fourth-order valence-electron chi connectivity index (χ4n) is 3.00. The van der Waals surface area contributed by atoms with Gasteiger partial charge in [0.05, 0.1) is 10.4 Å². The molecule has 0 aliphatic heterocycles. The summed E-state index contributed by atoms with van der Waals surface area (Å²) in [7, 11) is 0. The van der Waals surface area contributed by atoms with Crippen LogP contribution in [-0.2, 0) is 12.8 Å². The third-order valence-electron chi connectivity index (χ3n) is 4.08. The number of thiophene rings is 2. The van der Waals surface area contributed by atoms with Gasteiger partial charge in [-0.1, -0.05) is 11.6 Å². The second-order valence-corrected chi connectivity index (χ2v) is 8.56. The fraction of sp³-hybridized carbons (Fsp3) is 0.294. The first-order valence-corrected chi connectivity index (χ1v) is 9.61. The van der Waals surface area contributed by atoms with Crippen LogP contribution >= 0.6 is 34.3 Å². The first-order valence-electron chi connectivity index (χ1n) is 7.60. The maximum Gasteiger partial charge on any atom is 0.260 e. The average Bonchev–Trinajstić information content (AvgIpc) is 3.10. The lowest BCUT2D eigenvalue weighted by molar-refractivity contribution is 0.700. The van der Waals surface area contributed by atoms with Gasteiger partial charge in [0, 0.05) is 14.6 Å². The molecule has 3 heterocycles. The second kappa shape index (κ2) is 5.89. The number of aryl methyl sites for hydroxylation is 3. The summed E-state index contributed by atoms with van der Waals surface area (Å²) in [4.78, 5) is 24.4. The standard InChI is InChI=1S/C17H15ClN2OS2/c1-9-6-7-10(22-9)8-12(18)15-19-16(21)14-11-4-2-3-5-13(11)23-17(14)20-15/h6-8H,2-5H2,1H3,(H,19,20,21)/b12-8-. The largest absolute Gasteiger partial charge is 0.305 e. The number of aromatic amines is 1. The predicted molar refractivity (Wildman–Crippen MR) is 99.7 cm³/mol. The van der Waals surface area contributed by atoms with Crippen LogP contribution in [0.5, 0.6) is 0 Å². The first-order chi connectivity index (χ1) is 11.1. The van der Waals surface area contributed by atoms with Crippen molar-refractivity contribution in [3.63, 3.8) is 0 Å². The van der Waals surface area contributed by atoms with Crippen molar-refractivity contribution in [3.8, 4) is 0 Å². The Kier molecular flexibility index (Phi) is 3.87. The Balaban J connectivity index is 1.82. The van der Waals surface area contributed by atoms with Crippen LogP contribution in [0.3, 0.4) is 0 Å². The lowest BCUT2D eigenvalue weighted by Gasteiger charge is -2.09. The van der Waals surface area contributed by atoms with Gasteiger partial charge < -0.3 is 4.98 Å². The van der Waals surface area contributed by atoms with Gasteiger partial charge in [-0.05, 0) is 56.4 Å². The molecule has 3 nitrogen and oxygen atoms in total. The van der Waals surface area contributed by atoms with Crippen LogP contribution in [-0.4, -0.2) is 9.97 Å². The Bertz CT molecular complexity index is 980. The maximum atomic E-state index is 12.5. The zero-order valence-corrected chi connectivity index (χ0v) is 15.0. The smallest absolute Gasteiger partial charge is 0.260 e. The summed E-state index contributed by atoms with van der Waals surface area (Å²) in [6.45, 7) is 2.05. The van der Waals surface area contributed by atoms with Gasteiger partial charge in [0.1, 0.15) is 4.83 Å². The monoisotopic (exact) mass is 362 g/mol. The van der Waals surface area contributed by atoms with Crippen molar-refractivity contribution < 1.29 is 0 Å². The van der Waals surface area contributed by atoms with Crippen LogP contribution in [0.15, 0.2) is 16.9 Å². The molecule has 1 aliphatic rings. The highest BCUT2D eigenvalue weighted by Crippen LogP contribution is 2.34. The molecule has 6 heteroatoms.